The molecule has 2 fully saturated rings. The van der Waals surface area contributed by atoms with Gasteiger partial charge in [0.15, 0.2) is 0 Å². The third kappa shape index (κ3) is 2.92. The second-order valence-corrected chi connectivity index (χ2v) is 6.64. The van der Waals surface area contributed by atoms with Gasteiger partial charge in [0.2, 0.25) is 0 Å². The Morgan fingerprint density at radius 1 is 1.19 bits per heavy atom. The van der Waals surface area contributed by atoms with Crippen LogP contribution in [-0.2, 0) is 0 Å². The summed E-state index contributed by atoms with van der Waals surface area (Å²) < 4.78 is 0. The van der Waals surface area contributed by atoms with Gasteiger partial charge in [-0.05, 0) is 43.7 Å². The zero-order valence-electron chi connectivity index (χ0n) is 13.2. The average Bonchev–Trinajstić information content (AvgIpc) is 2.53. The molecule has 1 aromatic rings. The number of rotatable bonds is 2. The molecule has 2 aliphatic rings. The van der Waals surface area contributed by atoms with Crippen LogP contribution in [0, 0.1) is 18.8 Å². The number of likely N-dealkylation sites (tertiary alicyclic amines) is 1. The maximum Gasteiger partial charge on any atom is 0.255 e. The van der Waals surface area contributed by atoms with Crippen molar-refractivity contribution in [2.75, 3.05) is 25.5 Å². The number of hydrogen-bond donors (Lipinski definition) is 1. The van der Waals surface area contributed by atoms with Gasteiger partial charge in [-0.15, -0.1) is 0 Å². The van der Waals surface area contributed by atoms with E-state index in [4.69, 9.17) is 0 Å². The number of carbonyl (C=O) groups excluding carboxylic acids is 1. The number of benzene rings is 1. The van der Waals surface area contributed by atoms with Crippen LogP contribution in [0.1, 0.15) is 48.0 Å². The van der Waals surface area contributed by atoms with E-state index in [9.17, 15) is 4.79 Å². The molecule has 0 aromatic heterocycles. The first-order chi connectivity index (χ1) is 10.2. The maximum absolute atomic E-state index is 12.9. The average molecular weight is 286 g/mol. The first kappa shape index (κ1) is 14.4. The number of carbonyl (C=O) groups is 1. The van der Waals surface area contributed by atoms with Crippen LogP contribution in [0.25, 0.3) is 0 Å². The Labute approximate surface area is 127 Å². The van der Waals surface area contributed by atoms with Crippen LogP contribution in [0.4, 0.5) is 5.69 Å². The van der Waals surface area contributed by atoms with Crippen LogP contribution in [-0.4, -0.2) is 30.9 Å². The summed E-state index contributed by atoms with van der Waals surface area (Å²) >= 11 is 0. The molecule has 1 aromatic carbocycles. The lowest BCUT2D eigenvalue weighted by atomic mass is 9.75. The van der Waals surface area contributed by atoms with Gasteiger partial charge in [0.1, 0.15) is 0 Å². The molecule has 21 heavy (non-hydrogen) atoms. The minimum absolute atomic E-state index is 0.201. The van der Waals surface area contributed by atoms with Crippen LogP contribution in [0.15, 0.2) is 18.2 Å². The van der Waals surface area contributed by atoms with Gasteiger partial charge >= 0.3 is 0 Å². The van der Waals surface area contributed by atoms with Crippen LogP contribution < -0.4 is 5.32 Å². The Balaban J connectivity index is 1.77. The molecule has 0 bridgehead atoms. The van der Waals surface area contributed by atoms with E-state index in [1.165, 1.54) is 32.1 Å². The Kier molecular flexibility index (Phi) is 4.18. The molecule has 3 nitrogen and oxygen atoms in total. The second kappa shape index (κ2) is 6.08. The summed E-state index contributed by atoms with van der Waals surface area (Å²) in [5.41, 5.74) is 2.91. The summed E-state index contributed by atoms with van der Waals surface area (Å²) in [5, 5.41) is 3.15. The third-order valence-electron chi connectivity index (χ3n) is 5.25. The minimum atomic E-state index is 0.201. The highest BCUT2D eigenvalue weighted by atomic mass is 16.2. The highest BCUT2D eigenvalue weighted by Crippen LogP contribution is 2.36. The molecule has 3 rings (SSSR count). The molecule has 1 N–H and O–H groups in total. The maximum atomic E-state index is 12.9. The van der Waals surface area contributed by atoms with E-state index in [2.05, 4.69) is 16.3 Å². The van der Waals surface area contributed by atoms with Crippen molar-refractivity contribution in [1.82, 2.24) is 4.90 Å². The van der Waals surface area contributed by atoms with Crippen LogP contribution in [0.2, 0.25) is 0 Å². The van der Waals surface area contributed by atoms with Crippen molar-refractivity contribution < 1.29 is 4.79 Å². The van der Waals surface area contributed by atoms with Crippen molar-refractivity contribution in [3.63, 3.8) is 0 Å². The van der Waals surface area contributed by atoms with E-state index >= 15 is 0 Å². The highest BCUT2D eigenvalue weighted by molar-refractivity contribution is 5.99. The number of fused-ring (bicyclic) bond motifs is 1. The van der Waals surface area contributed by atoms with Gasteiger partial charge in [0, 0.05) is 25.8 Å². The van der Waals surface area contributed by atoms with Crippen LogP contribution in [0.3, 0.4) is 0 Å². The normalized spacial score (nSPS) is 25.3. The molecule has 2 unspecified atom stereocenters. The Bertz CT molecular complexity index is 526. The van der Waals surface area contributed by atoms with Gasteiger partial charge in [-0.3, -0.25) is 4.79 Å². The Morgan fingerprint density at radius 3 is 2.71 bits per heavy atom. The Morgan fingerprint density at radius 2 is 1.95 bits per heavy atom. The van der Waals surface area contributed by atoms with Gasteiger partial charge in [-0.25, -0.2) is 0 Å². The number of amides is 1. The van der Waals surface area contributed by atoms with Crippen molar-refractivity contribution >= 4 is 11.6 Å². The van der Waals surface area contributed by atoms with E-state index in [1.54, 1.807) is 0 Å². The molecule has 2 atom stereocenters. The molecule has 1 saturated carbocycles. The molecule has 1 heterocycles. The van der Waals surface area contributed by atoms with E-state index in [0.717, 1.165) is 41.7 Å². The first-order valence-corrected chi connectivity index (χ1v) is 8.26. The van der Waals surface area contributed by atoms with Crippen LogP contribution in [0.5, 0.6) is 0 Å². The van der Waals surface area contributed by atoms with Crippen molar-refractivity contribution in [2.24, 2.45) is 11.8 Å². The third-order valence-corrected chi connectivity index (χ3v) is 5.25. The predicted molar refractivity (Wildman–Crippen MR) is 86.7 cm³/mol. The van der Waals surface area contributed by atoms with E-state index < -0.39 is 0 Å². The SMILES string of the molecule is CNc1ccc(C)cc1C(=O)N1CCC2CCCCC2C1. The summed E-state index contributed by atoms with van der Waals surface area (Å²) in [6, 6.07) is 6.08. The number of aryl methyl sites for hydroxylation is 1. The summed E-state index contributed by atoms with van der Waals surface area (Å²) in [6.45, 7) is 3.93. The van der Waals surface area contributed by atoms with Crippen LogP contribution >= 0.6 is 0 Å². The number of nitrogens with one attached hydrogen (secondary N) is 1. The van der Waals surface area contributed by atoms with Gasteiger partial charge in [-0.1, -0.05) is 30.9 Å². The fourth-order valence-electron chi connectivity index (χ4n) is 4.01. The van der Waals surface area contributed by atoms with E-state index in [0.29, 0.717) is 0 Å². The van der Waals surface area contributed by atoms with Crippen molar-refractivity contribution in [2.45, 2.75) is 39.0 Å². The summed E-state index contributed by atoms with van der Waals surface area (Å²) in [7, 11) is 1.88. The lowest BCUT2D eigenvalue weighted by Crippen LogP contribution is -2.44. The monoisotopic (exact) mass is 286 g/mol. The largest absolute Gasteiger partial charge is 0.387 e. The lowest BCUT2D eigenvalue weighted by Gasteiger charge is -2.41. The summed E-state index contributed by atoms with van der Waals surface area (Å²) in [4.78, 5) is 15.0. The number of hydrogen-bond acceptors (Lipinski definition) is 2. The molecule has 0 radical (unpaired) electrons. The molecule has 1 saturated heterocycles. The molecule has 3 heteroatoms. The lowest BCUT2D eigenvalue weighted by molar-refractivity contribution is 0.0521. The number of piperidine rings is 1. The fraction of sp³-hybridized carbons (Fsp3) is 0.611. The zero-order valence-corrected chi connectivity index (χ0v) is 13.2. The molecular weight excluding hydrogens is 260 g/mol. The van der Waals surface area contributed by atoms with Crippen molar-refractivity contribution in [1.29, 1.82) is 0 Å². The topological polar surface area (TPSA) is 32.3 Å². The Hall–Kier alpha value is -1.51. The fourth-order valence-corrected chi connectivity index (χ4v) is 4.01. The van der Waals surface area contributed by atoms with Gasteiger partial charge in [0.25, 0.3) is 5.91 Å². The molecular formula is C18H26N2O. The zero-order chi connectivity index (χ0) is 14.8. The van der Waals surface area contributed by atoms with E-state index in [1.807, 2.05) is 26.1 Å². The second-order valence-electron chi connectivity index (χ2n) is 6.64. The van der Waals surface area contributed by atoms with Gasteiger partial charge in [-0.2, -0.15) is 0 Å². The van der Waals surface area contributed by atoms with E-state index in [-0.39, 0.29) is 5.91 Å². The highest BCUT2D eigenvalue weighted by Gasteiger charge is 2.33. The molecule has 1 aliphatic heterocycles. The molecule has 1 aliphatic carbocycles. The number of anilines is 1. The minimum Gasteiger partial charge on any atom is -0.387 e. The molecule has 1 amide bonds. The quantitative estimate of drug-likeness (QED) is 0.899. The molecule has 0 spiro atoms. The first-order valence-electron chi connectivity index (χ1n) is 8.26. The standard InChI is InChI=1S/C18H26N2O/c1-13-7-8-17(19-2)16(11-13)18(21)20-10-9-14-5-3-4-6-15(14)12-20/h7-8,11,14-15,19H,3-6,9-10,12H2,1-2H3. The van der Waals surface area contributed by atoms with Gasteiger partial charge < -0.3 is 10.2 Å². The summed E-state index contributed by atoms with van der Waals surface area (Å²) in [5.74, 6) is 1.80. The summed E-state index contributed by atoms with van der Waals surface area (Å²) in [6.07, 6.45) is 6.60. The van der Waals surface area contributed by atoms with Crippen molar-refractivity contribution in [3.05, 3.63) is 29.3 Å². The van der Waals surface area contributed by atoms with Crippen molar-refractivity contribution in [3.8, 4) is 0 Å². The predicted octanol–water partition coefficient (Wildman–Crippen LogP) is 3.69. The molecule has 114 valence electrons. The number of nitrogens with zero attached hydrogens (tertiary/aromatic N) is 1. The van der Waals surface area contributed by atoms with Gasteiger partial charge in [0.05, 0.1) is 5.56 Å². The smallest absolute Gasteiger partial charge is 0.255 e.